The Morgan fingerprint density at radius 2 is 2.06 bits per heavy atom. The van der Waals surface area contributed by atoms with Crippen molar-refractivity contribution in [3.05, 3.63) is 22.2 Å². The van der Waals surface area contributed by atoms with Gasteiger partial charge in [-0.25, -0.2) is 0 Å². The highest BCUT2D eigenvalue weighted by Crippen LogP contribution is 2.35. The average Bonchev–Trinajstić information content (AvgIpc) is 2.29. The van der Waals surface area contributed by atoms with Gasteiger partial charge in [-0.05, 0) is 6.07 Å². The molecule has 0 atom stereocenters. The number of hydrogen-bond acceptors (Lipinski definition) is 3. The second-order valence-corrected chi connectivity index (χ2v) is 3.86. The van der Waals surface area contributed by atoms with Gasteiger partial charge in [-0.3, -0.25) is 4.79 Å². The van der Waals surface area contributed by atoms with Gasteiger partial charge in [-0.15, -0.1) is 0 Å². The van der Waals surface area contributed by atoms with Crippen molar-refractivity contribution in [3.8, 4) is 5.75 Å². The summed E-state index contributed by atoms with van der Waals surface area (Å²) >= 11 is 11.9. The summed E-state index contributed by atoms with van der Waals surface area (Å²) in [5.74, 6) is -0.0385. The van der Waals surface area contributed by atoms with Gasteiger partial charge in [0.15, 0.2) is 0 Å². The number of benzene rings is 1. The Balaban J connectivity index is 3.15. The van der Waals surface area contributed by atoms with E-state index in [2.05, 4.69) is 0 Å². The van der Waals surface area contributed by atoms with Crippen LogP contribution >= 0.6 is 23.2 Å². The number of nitrogens with zero attached hydrogens (tertiary/aromatic N) is 1. The summed E-state index contributed by atoms with van der Waals surface area (Å²) in [5.41, 5.74) is 0.423. The fourth-order valence-electron chi connectivity index (χ4n) is 1.17. The highest BCUT2D eigenvalue weighted by molar-refractivity contribution is 6.36. The van der Waals surface area contributed by atoms with E-state index in [0.29, 0.717) is 21.5 Å². The molecule has 0 saturated heterocycles. The molecule has 0 radical (unpaired) electrons. The molecule has 1 aromatic rings. The van der Waals surface area contributed by atoms with Crippen LogP contribution in [0.1, 0.15) is 0 Å². The normalized spacial score (nSPS) is 10.1. The molecule has 0 aliphatic heterocycles. The molecule has 88 valence electrons. The number of methoxy groups -OCH3 is 1. The second kappa shape index (κ2) is 5.39. The number of aliphatic hydroxyl groups excluding tert-OH is 1. The summed E-state index contributed by atoms with van der Waals surface area (Å²) in [7, 11) is 2.97. The van der Waals surface area contributed by atoms with Crippen molar-refractivity contribution in [2.24, 2.45) is 0 Å². The first-order chi connectivity index (χ1) is 7.51. The van der Waals surface area contributed by atoms with Gasteiger partial charge in [-0.1, -0.05) is 23.2 Å². The number of anilines is 1. The van der Waals surface area contributed by atoms with E-state index in [9.17, 15) is 4.79 Å². The number of ether oxygens (including phenoxy) is 1. The summed E-state index contributed by atoms with van der Waals surface area (Å²) in [5, 5.41) is 9.41. The molecule has 4 nitrogen and oxygen atoms in total. The first-order valence-corrected chi connectivity index (χ1v) is 5.17. The zero-order valence-corrected chi connectivity index (χ0v) is 10.3. The molecule has 1 aromatic carbocycles. The molecule has 0 heterocycles. The van der Waals surface area contributed by atoms with Crippen LogP contribution in [-0.2, 0) is 4.79 Å². The van der Waals surface area contributed by atoms with Gasteiger partial charge in [0, 0.05) is 13.1 Å². The molecule has 1 rings (SSSR count). The Morgan fingerprint density at radius 3 is 2.56 bits per heavy atom. The van der Waals surface area contributed by atoms with Crippen LogP contribution in [0.2, 0.25) is 10.0 Å². The van der Waals surface area contributed by atoms with Gasteiger partial charge < -0.3 is 14.7 Å². The number of rotatable bonds is 3. The van der Waals surface area contributed by atoms with Crippen molar-refractivity contribution in [2.75, 3.05) is 25.7 Å². The third kappa shape index (κ3) is 2.58. The van der Waals surface area contributed by atoms with E-state index in [0.717, 1.165) is 0 Å². The maximum atomic E-state index is 11.3. The average molecular weight is 264 g/mol. The van der Waals surface area contributed by atoms with Crippen LogP contribution in [0.15, 0.2) is 12.1 Å². The van der Waals surface area contributed by atoms with Crippen LogP contribution in [-0.4, -0.2) is 31.8 Å². The maximum absolute atomic E-state index is 11.3. The number of halogens is 2. The fourth-order valence-corrected chi connectivity index (χ4v) is 1.69. The smallest absolute Gasteiger partial charge is 0.252 e. The van der Waals surface area contributed by atoms with Crippen molar-refractivity contribution >= 4 is 34.8 Å². The van der Waals surface area contributed by atoms with Crippen molar-refractivity contribution in [2.45, 2.75) is 0 Å². The van der Waals surface area contributed by atoms with Crippen LogP contribution in [0, 0.1) is 0 Å². The van der Waals surface area contributed by atoms with E-state index in [1.807, 2.05) is 0 Å². The third-order valence-electron chi connectivity index (χ3n) is 2.09. The van der Waals surface area contributed by atoms with E-state index in [1.54, 1.807) is 0 Å². The summed E-state index contributed by atoms with van der Waals surface area (Å²) < 4.78 is 4.98. The molecule has 6 heteroatoms. The van der Waals surface area contributed by atoms with Crippen LogP contribution in [0.3, 0.4) is 0 Å². The summed E-state index contributed by atoms with van der Waals surface area (Å²) in [4.78, 5) is 12.5. The van der Waals surface area contributed by atoms with Gasteiger partial charge in [0.05, 0.1) is 22.8 Å². The Labute approximate surface area is 103 Å². The number of aliphatic hydroxyl groups is 1. The molecule has 0 aliphatic carbocycles. The monoisotopic (exact) mass is 263 g/mol. The van der Waals surface area contributed by atoms with Crippen molar-refractivity contribution in [3.63, 3.8) is 0 Å². The highest BCUT2D eigenvalue weighted by Gasteiger charge is 2.15. The standard InChI is InChI=1S/C10H11Cl2NO3/c1-13(10(15)5-14)8-3-7(12)9(16-2)4-6(8)11/h3-4,14H,5H2,1-2H3. The van der Waals surface area contributed by atoms with Gasteiger partial charge in [0.25, 0.3) is 5.91 Å². The summed E-state index contributed by atoms with van der Waals surface area (Å²) in [6.45, 7) is -0.587. The number of amides is 1. The molecule has 1 amide bonds. The van der Waals surface area contributed by atoms with Gasteiger partial charge >= 0.3 is 0 Å². The maximum Gasteiger partial charge on any atom is 0.252 e. The molecule has 1 N–H and O–H groups in total. The molecule has 0 saturated carbocycles. The Bertz CT molecular complexity index is 409. The third-order valence-corrected chi connectivity index (χ3v) is 2.69. The van der Waals surface area contributed by atoms with Crippen LogP contribution in [0.4, 0.5) is 5.69 Å². The van der Waals surface area contributed by atoms with Gasteiger partial charge in [0.1, 0.15) is 12.4 Å². The van der Waals surface area contributed by atoms with Crippen LogP contribution < -0.4 is 9.64 Å². The van der Waals surface area contributed by atoms with E-state index >= 15 is 0 Å². The minimum atomic E-state index is -0.587. The Morgan fingerprint density at radius 1 is 1.44 bits per heavy atom. The Kier molecular flexibility index (Phi) is 4.41. The number of likely N-dealkylation sites (N-methyl/N-ethyl adjacent to an activating group) is 1. The lowest BCUT2D eigenvalue weighted by atomic mass is 10.2. The number of hydrogen-bond donors (Lipinski definition) is 1. The molecule has 0 spiro atoms. The first-order valence-electron chi connectivity index (χ1n) is 4.41. The lowest BCUT2D eigenvalue weighted by molar-refractivity contribution is -0.120. The SMILES string of the molecule is COc1cc(Cl)c(N(C)C(=O)CO)cc1Cl. The summed E-state index contributed by atoms with van der Waals surface area (Å²) in [6, 6.07) is 3.02. The first kappa shape index (κ1) is 13.1. The number of carbonyl (C=O) groups excluding carboxylic acids is 1. The van der Waals surface area contributed by atoms with Gasteiger partial charge in [-0.2, -0.15) is 0 Å². The van der Waals surface area contributed by atoms with Crippen molar-refractivity contribution in [1.29, 1.82) is 0 Å². The lowest BCUT2D eigenvalue weighted by Crippen LogP contribution is -2.29. The van der Waals surface area contributed by atoms with Crippen molar-refractivity contribution < 1.29 is 14.6 Å². The van der Waals surface area contributed by atoms with Crippen LogP contribution in [0.25, 0.3) is 0 Å². The second-order valence-electron chi connectivity index (χ2n) is 3.05. The van der Waals surface area contributed by atoms with E-state index in [4.69, 9.17) is 33.0 Å². The zero-order valence-electron chi connectivity index (χ0n) is 8.83. The molecule has 0 aliphatic rings. The summed E-state index contributed by atoms with van der Waals surface area (Å²) in [6.07, 6.45) is 0. The molecular formula is C10H11Cl2NO3. The highest BCUT2D eigenvalue weighted by atomic mass is 35.5. The minimum Gasteiger partial charge on any atom is -0.495 e. The molecular weight excluding hydrogens is 253 g/mol. The largest absolute Gasteiger partial charge is 0.495 e. The van der Waals surface area contributed by atoms with E-state index in [-0.39, 0.29) is 0 Å². The topological polar surface area (TPSA) is 49.8 Å². The van der Waals surface area contributed by atoms with Gasteiger partial charge in [0.2, 0.25) is 0 Å². The Hall–Kier alpha value is -0.970. The number of carbonyl (C=O) groups is 1. The van der Waals surface area contributed by atoms with Crippen LogP contribution in [0.5, 0.6) is 5.75 Å². The van der Waals surface area contributed by atoms with Crippen molar-refractivity contribution in [1.82, 2.24) is 0 Å². The fraction of sp³-hybridized carbons (Fsp3) is 0.300. The van der Waals surface area contributed by atoms with E-state index < -0.39 is 12.5 Å². The predicted molar refractivity (Wildman–Crippen MR) is 63.5 cm³/mol. The molecule has 0 aromatic heterocycles. The molecule has 0 fully saturated rings. The zero-order chi connectivity index (χ0) is 12.3. The lowest BCUT2D eigenvalue weighted by Gasteiger charge is -2.18. The minimum absolute atomic E-state index is 0.325. The van der Waals surface area contributed by atoms with E-state index in [1.165, 1.54) is 31.2 Å². The molecule has 16 heavy (non-hydrogen) atoms. The molecule has 0 bridgehead atoms. The molecule has 0 unspecified atom stereocenters. The predicted octanol–water partition coefficient (Wildman–Crippen LogP) is 1.96. The quantitative estimate of drug-likeness (QED) is 0.907.